The van der Waals surface area contributed by atoms with Crippen molar-refractivity contribution < 1.29 is 4.42 Å². The first-order valence-corrected chi connectivity index (χ1v) is 10.7. The molecule has 1 aliphatic rings. The van der Waals surface area contributed by atoms with E-state index in [0.29, 0.717) is 12.4 Å². The SMILES string of the molecule is CCNC(=NCc1ncc(C(C)(C)C)o1)NCCN1CCN(c2ncccn2)CC1. The van der Waals surface area contributed by atoms with E-state index in [2.05, 4.69) is 68.1 Å². The average molecular weight is 415 g/mol. The number of aliphatic imine (C=N–C) groups is 1. The summed E-state index contributed by atoms with van der Waals surface area (Å²) < 4.78 is 5.83. The van der Waals surface area contributed by atoms with Crippen LogP contribution < -0.4 is 15.5 Å². The fourth-order valence-corrected chi connectivity index (χ4v) is 3.18. The number of rotatable bonds is 7. The summed E-state index contributed by atoms with van der Waals surface area (Å²) in [6.07, 6.45) is 5.39. The van der Waals surface area contributed by atoms with Crippen molar-refractivity contribution in [2.75, 3.05) is 50.7 Å². The molecule has 0 aliphatic carbocycles. The molecule has 2 N–H and O–H groups in total. The number of anilines is 1. The smallest absolute Gasteiger partial charge is 0.225 e. The van der Waals surface area contributed by atoms with E-state index in [-0.39, 0.29) is 5.41 Å². The Balaban J connectivity index is 1.42. The van der Waals surface area contributed by atoms with Crippen LogP contribution in [-0.4, -0.2) is 71.6 Å². The Morgan fingerprint density at radius 2 is 1.83 bits per heavy atom. The second kappa shape index (κ2) is 10.4. The number of guanidine groups is 1. The van der Waals surface area contributed by atoms with Gasteiger partial charge in [0.1, 0.15) is 12.3 Å². The maximum absolute atomic E-state index is 5.83. The highest BCUT2D eigenvalue weighted by molar-refractivity contribution is 5.79. The van der Waals surface area contributed by atoms with E-state index < -0.39 is 0 Å². The van der Waals surface area contributed by atoms with Crippen molar-refractivity contribution in [1.29, 1.82) is 0 Å². The second-order valence-electron chi connectivity index (χ2n) is 8.37. The minimum atomic E-state index is -0.0473. The molecule has 2 aromatic rings. The third-order valence-corrected chi connectivity index (χ3v) is 4.94. The molecule has 0 amide bonds. The van der Waals surface area contributed by atoms with Crippen molar-refractivity contribution >= 4 is 11.9 Å². The third-order valence-electron chi connectivity index (χ3n) is 4.94. The molecule has 0 unspecified atom stereocenters. The Kier molecular flexibility index (Phi) is 7.62. The lowest BCUT2D eigenvalue weighted by Gasteiger charge is -2.34. The Morgan fingerprint density at radius 1 is 1.10 bits per heavy atom. The normalized spacial score (nSPS) is 16.0. The Bertz CT molecular complexity index is 791. The van der Waals surface area contributed by atoms with Crippen LogP contribution in [0, 0.1) is 0 Å². The lowest BCUT2D eigenvalue weighted by Crippen LogP contribution is -2.49. The van der Waals surface area contributed by atoms with Crippen LogP contribution in [0.4, 0.5) is 5.95 Å². The highest BCUT2D eigenvalue weighted by Gasteiger charge is 2.19. The number of hydrogen-bond acceptors (Lipinski definition) is 7. The van der Waals surface area contributed by atoms with Crippen molar-refractivity contribution in [1.82, 2.24) is 30.5 Å². The van der Waals surface area contributed by atoms with Crippen LogP contribution in [0.15, 0.2) is 34.1 Å². The van der Waals surface area contributed by atoms with Crippen LogP contribution in [0.3, 0.4) is 0 Å². The highest BCUT2D eigenvalue weighted by Crippen LogP contribution is 2.22. The molecule has 1 aliphatic heterocycles. The average Bonchev–Trinajstić information content (AvgIpc) is 3.23. The summed E-state index contributed by atoms with van der Waals surface area (Å²) in [5.41, 5.74) is -0.0473. The zero-order chi connectivity index (χ0) is 21.4. The zero-order valence-corrected chi connectivity index (χ0v) is 18.6. The molecule has 0 saturated carbocycles. The molecular weight excluding hydrogens is 380 g/mol. The first-order valence-electron chi connectivity index (χ1n) is 10.7. The van der Waals surface area contributed by atoms with E-state index in [4.69, 9.17) is 4.42 Å². The monoisotopic (exact) mass is 414 g/mol. The topological polar surface area (TPSA) is 94.7 Å². The van der Waals surface area contributed by atoms with Gasteiger partial charge in [-0.2, -0.15) is 0 Å². The van der Waals surface area contributed by atoms with E-state index in [0.717, 1.165) is 63.5 Å². The molecular formula is C21H34N8O. The summed E-state index contributed by atoms with van der Waals surface area (Å²) in [4.78, 5) is 22.3. The molecule has 1 fully saturated rings. The molecule has 30 heavy (non-hydrogen) atoms. The van der Waals surface area contributed by atoms with Gasteiger partial charge in [0.2, 0.25) is 11.8 Å². The van der Waals surface area contributed by atoms with Gasteiger partial charge in [-0.05, 0) is 13.0 Å². The quantitative estimate of drug-likeness (QED) is 0.522. The van der Waals surface area contributed by atoms with Gasteiger partial charge in [0.15, 0.2) is 5.96 Å². The van der Waals surface area contributed by atoms with Gasteiger partial charge in [-0.3, -0.25) is 4.90 Å². The van der Waals surface area contributed by atoms with Gasteiger partial charge >= 0.3 is 0 Å². The molecule has 2 aromatic heterocycles. The molecule has 0 spiro atoms. The van der Waals surface area contributed by atoms with Gasteiger partial charge < -0.3 is 20.0 Å². The summed E-state index contributed by atoms with van der Waals surface area (Å²) >= 11 is 0. The van der Waals surface area contributed by atoms with Gasteiger partial charge in [-0.25, -0.2) is 19.9 Å². The third kappa shape index (κ3) is 6.41. The van der Waals surface area contributed by atoms with Gasteiger partial charge in [-0.15, -0.1) is 0 Å². The summed E-state index contributed by atoms with van der Waals surface area (Å²) in [6, 6.07) is 1.85. The van der Waals surface area contributed by atoms with Crippen LogP contribution in [0.5, 0.6) is 0 Å². The summed E-state index contributed by atoms with van der Waals surface area (Å²) in [7, 11) is 0. The lowest BCUT2D eigenvalue weighted by molar-refractivity contribution is 0.260. The van der Waals surface area contributed by atoms with Crippen LogP contribution in [0.25, 0.3) is 0 Å². The first-order chi connectivity index (χ1) is 14.5. The minimum Gasteiger partial charge on any atom is -0.443 e. The number of hydrogen-bond donors (Lipinski definition) is 2. The van der Waals surface area contributed by atoms with Crippen LogP contribution in [0.1, 0.15) is 39.3 Å². The largest absolute Gasteiger partial charge is 0.443 e. The Morgan fingerprint density at radius 3 is 2.47 bits per heavy atom. The fourth-order valence-electron chi connectivity index (χ4n) is 3.18. The van der Waals surface area contributed by atoms with Crippen molar-refractivity contribution in [3.8, 4) is 0 Å². The molecule has 9 heteroatoms. The van der Waals surface area contributed by atoms with Crippen molar-refractivity contribution in [2.24, 2.45) is 4.99 Å². The van der Waals surface area contributed by atoms with Crippen molar-refractivity contribution in [3.63, 3.8) is 0 Å². The van der Waals surface area contributed by atoms with Crippen LogP contribution in [0.2, 0.25) is 0 Å². The van der Waals surface area contributed by atoms with Crippen molar-refractivity contribution in [2.45, 2.75) is 39.7 Å². The molecule has 164 valence electrons. The number of nitrogens with zero attached hydrogens (tertiary/aromatic N) is 6. The maximum Gasteiger partial charge on any atom is 0.225 e. The minimum absolute atomic E-state index is 0.0473. The number of nitrogens with one attached hydrogen (secondary N) is 2. The van der Waals surface area contributed by atoms with Gasteiger partial charge in [0.25, 0.3) is 0 Å². The van der Waals surface area contributed by atoms with Crippen molar-refractivity contribution in [3.05, 3.63) is 36.3 Å². The lowest BCUT2D eigenvalue weighted by atomic mass is 9.94. The van der Waals surface area contributed by atoms with Gasteiger partial charge in [0, 0.05) is 63.6 Å². The highest BCUT2D eigenvalue weighted by atomic mass is 16.4. The number of aromatic nitrogens is 3. The zero-order valence-electron chi connectivity index (χ0n) is 18.6. The molecule has 9 nitrogen and oxygen atoms in total. The van der Waals surface area contributed by atoms with Gasteiger partial charge in [0.05, 0.1) is 6.20 Å². The fraction of sp³-hybridized carbons (Fsp3) is 0.619. The number of oxazole rings is 1. The Labute approximate surface area is 179 Å². The molecule has 0 atom stereocenters. The van der Waals surface area contributed by atoms with E-state index in [9.17, 15) is 0 Å². The number of piperazine rings is 1. The summed E-state index contributed by atoms with van der Waals surface area (Å²) in [5.74, 6) is 3.12. The molecule has 0 bridgehead atoms. The first kappa shape index (κ1) is 22.0. The summed E-state index contributed by atoms with van der Waals surface area (Å²) in [5, 5.41) is 6.69. The maximum atomic E-state index is 5.83. The van der Waals surface area contributed by atoms with E-state index in [1.807, 2.05) is 6.07 Å². The van der Waals surface area contributed by atoms with E-state index >= 15 is 0 Å². The Hall–Kier alpha value is -2.68. The van der Waals surface area contributed by atoms with Crippen LogP contribution >= 0.6 is 0 Å². The van der Waals surface area contributed by atoms with Gasteiger partial charge in [-0.1, -0.05) is 20.8 Å². The molecule has 3 rings (SSSR count). The molecule has 0 aromatic carbocycles. The predicted octanol–water partition coefficient (Wildman–Crippen LogP) is 1.64. The van der Waals surface area contributed by atoms with E-state index in [1.165, 1.54) is 0 Å². The summed E-state index contributed by atoms with van der Waals surface area (Å²) in [6.45, 7) is 15.3. The second-order valence-corrected chi connectivity index (χ2v) is 8.37. The molecule has 1 saturated heterocycles. The standard InChI is InChI=1S/C21H34N8O/c1-5-22-19(27-16-18-26-15-17(30-18)21(2,3)4)23-9-10-28-11-13-29(14-12-28)20-24-7-6-8-25-20/h6-8,15H,5,9-14,16H2,1-4H3,(H2,22,23,27). The molecule has 0 radical (unpaired) electrons. The van der Waals surface area contributed by atoms with Crippen LogP contribution in [-0.2, 0) is 12.0 Å². The molecule has 3 heterocycles. The van der Waals surface area contributed by atoms with E-state index in [1.54, 1.807) is 18.6 Å². The predicted molar refractivity (Wildman–Crippen MR) is 119 cm³/mol.